The fourth-order valence-corrected chi connectivity index (χ4v) is 5.46. The lowest BCUT2D eigenvalue weighted by atomic mass is 9.96. The first kappa shape index (κ1) is 25.0. The summed E-state index contributed by atoms with van der Waals surface area (Å²) in [6.07, 6.45) is 6.87. The summed E-state index contributed by atoms with van der Waals surface area (Å²) in [5, 5.41) is 11.3. The average molecular weight is 547 g/mol. The summed E-state index contributed by atoms with van der Waals surface area (Å²) in [6, 6.07) is 16.2. The van der Waals surface area contributed by atoms with Gasteiger partial charge in [-0.1, -0.05) is 24.3 Å². The molecular formula is C31H27FN8O. The zero-order valence-electron chi connectivity index (χ0n) is 22.4. The van der Waals surface area contributed by atoms with Crippen molar-refractivity contribution in [3.05, 3.63) is 79.0 Å². The molecule has 9 nitrogen and oxygen atoms in total. The topological polar surface area (TPSA) is 115 Å². The molecule has 6 aromatic rings. The Labute approximate surface area is 234 Å². The van der Waals surface area contributed by atoms with E-state index in [4.69, 9.17) is 4.98 Å². The summed E-state index contributed by atoms with van der Waals surface area (Å²) >= 11 is 0. The third-order valence-electron chi connectivity index (χ3n) is 7.72. The molecule has 1 aliphatic heterocycles. The van der Waals surface area contributed by atoms with Crippen LogP contribution in [-0.4, -0.2) is 61.1 Å². The van der Waals surface area contributed by atoms with E-state index in [1.54, 1.807) is 24.7 Å². The van der Waals surface area contributed by atoms with Gasteiger partial charge in [0.15, 0.2) is 11.5 Å². The monoisotopic (exact) mass is 546 g/mol. The molecule has 4 aromatic heterocycles. The zero-order chi connectivity index (χ0) is 27.9. The van der Waals surface area contributed by atoms with Crippen LogP contribution >= 0.6 is 0 Å². The minimum absolute atomic E-state index is 0.00611. The van der Waals surface area contributed by atoms with Crippen molar-refractivity contribution < 1.29 is 9.18 Å². The fourth-order valence-electron chi connectivity index (χ4n) is 5.46. The molecule has 41 heavy (non-hydrogen) atoms. The van der Waals surface area contributed by atoms with Gasteiger partial charge in [-0.25, -0.2) is 14.4 Å². The van der Waals surface area contributed by atoms with E-state index in [9.17, 15) is 9.18 Å². The number of anilines is 1. The number of piperidine rings is 1. The molecule has 204 valence electrons. The van der Waals surface area contributed by atoms with Gasteiger partial charge in [-0.05, 0) is 68.9 Å². The number of aromatic amines is 2. The van der Waals surface area contributed by atoms with Gasteiger partial charge in [0.2, 0.25) is 5.91 Å². The fraction of sp³-hybridized carbons (Fsp3) is 0.194. The van der Waals surface area contributed by atoms with Crippen LogP contribution in [-0.2, 0) is 4.79 Å². The first-order valence-electron chi connectivity index (χ1n) is 13.6. The highest BCUT2D eigenvalue weighted by Crippen LogP contribution is 2.33. The molecule has 7 rings (SSSR count). The number of pyridine rings is 2. The van der Waals surface area contributed by atoms with Gasteiger partial charge in [-0.15, -0.1) is 0 Å². The van der Waals surface area contributed by atoms with Crippen molar-refractivity contribution in [1.82, 2.24) is 35.0 Å². The second-order valence-corrected chi connectivity index (χ2v) is 10.5. The number of carbonyl (C=O) groups is 1. The summed E-state index contributed by atoms with van der Waals surface area (Å²) in [5.41, 5.74) is 6.68. The van der Waals surface area contributed by atoms with Crippen LogP contribution in [0.15, 0.2) is 73.2 Å². The summed E-state index contributed by atoms with van der Waals surface area (Å²) in [6.45, 7) is 1.85. The Balaban J connectivity index is 1.21. The summed E-state index contributed by atoms with van der Waals surface area (Å²) in [7, 11) is 2.08. The lowest BCUT2D eigenvalue weighted by Crippen LogP contribution is -2.35. The molecule has 2 aromatic carbocycles. The predicted octanol–water partition coefficient (Wildman–Crippen LogP) is 5.65. The number of rotatable bonds is 5. The van der Waals surface area contributed by atoms with E-state index in [1.165, 1.54) is 12.1 Å². The van der Waals surface area contributed by atoms with Gasteiger partial charge in [-0.2, -0.15) is 5.10 Å². The molecule has 0 unspecified atom stereocenters. The Morgan fingerprint density at radius 2 is 1.83 bits per heavy atom. The minimum Gasteiger partial charge on any atom is -0.337 e. The molecule has 0 saturated carbocycles. The third kappa shape index (κ3) is 4.82. The highest BCUT2D eigenvalue weighted by Gasteiger charge is 2.23. The van der Waals surface area contributed by atoms with Gasteiger partial charge in [0.1, 0.15) is 11.5 Å². The Kier molecular flexibility index (Phi) is 6.24. The number of aromatic nitrogens is 6. The van der Waals surface area contributed by atoms with Crippen LogP contribution in [0.4, 0.5) is 10.1 Å². The normalized spacial score (nSPS) is 14.6. The second kappa shape index (κ2) is 10.2. The van der Waals surface area contributed by atoms with Crippen molar-refractivity contribution in [3.8, 4) is 33.8 Å². The maximum Gasteiger partial charge on any atom is 0.227 e. The third-order valence-corrected chi connectivity index (χ3v) is 7.72. The number of hydrogen-bond acceptors (Lipinski definition) is 6. The van der Waals surface area contributed by atoms with Crippen LogP contribution in [0.3, 0.4) is 0 Å². The molecular weight excluding hydrogens is 519 g/mol. The lowest BCUT2D eigenvalue weighted by Gasteiger charge is -2.28. The molecule has 1 aliphatic rings. The van der Waals surface area contributed by atoms with E-state index >= 15 is 0 Å². The first-order valence-corrected chi connectivity index (χ1v) is 13.6. The number of amides is 1. The van der Waals surface area contributed by atoms with E-state index in [-0.39, 0.29) is 17.6 Å². The molecule has 10 heteroatoms. The van der Waals surface area contributed by atoms with E-state index in [0.29, 0.717) is 22.9 Å². The highest BCUT2D eigenvalue weighted by atomic mass is 19.1. The molecule has 0 aliphatic carbocycles. The molecule has 0 spiro atoms. The van der Waals surface area contributed by atoms with E-state index < -0.39 is 0 Å². The van der Waals surface area contributed by atoms with Crippen LogP contribution in [0, 0.1) is 11.7 Å². The van der Waals surface area contributed by atoms with Crippen LogP contribution in [0.2, 0.25) is 0 Å². The maximum atomic E-state index is 13.9. The second-order valence-electron chi connectivity index (χ2n) is 10.5. The van der Waals surface area contributed by atoms with Crippen molar-refractivity contribution in [2.24, 2.45) is 5.92 Å². The Morgan fingerprint density at radius 3 is 2.68 bits per heavy atom. The summed E-state index contributed by atoms with van der Waals surface area (Å²) in [5.74, 6) is 0.315. The smallest absolute Gasteiger partial charge is 0.227 e. The molecule has 5 heterocycles. The Hall–Kier alpha value is -4.96. The Morgan fingerprint density at radius 1 is 1.00 bits per heavy atom. The number of hydrogen-bond donors (Lipinski definition) is 3. The molecule has 3 N–H and O–H groups in total. The van der Waals surface area contributed by atoms with Gasteiger partial charge < -0.3 is 15.2 Å². The number of halogens is 1. The van der Waals surface area contributed by atoms with Gasteiger partial charge >= 0.3 is 0 Å². The number of imidazole rings is 1. The van der Waals surface area contributed by atoms with E-state index in [1.807, 2.05) is 36.4 Å². The molecule has 1 saturated heterocycles. The number of benzene rings is 2. The average Bonchev–Trinajstić information content (AvgIpc) is 3.61. The van der Waals surface area contributed by atoms with E-state index in [0.717, 1.165) is 64.6 Å². The van der Waals surface area contributed by atoms with Crippen molar-refractivity contribution in [2.45, 2.75) is 12.8 Å². The standard InChI is InChI=1S/C31H27FN8O/c1-40-10-8-18(9-11-40)31(41)35-23-13-20(15-33-17-23)21-14-25-28(38-39-29(25)34-16-21)30-36-26-7-3-6-24(27(26)37-30)19-4-2-5-22(32)12-19/h2-7,12-18H,8-11H2,1H3,(H,35,41)(H,36,37)(H,34,38,39). The molecule has 0 atom stereocenters. The van der Waals surface area contributed by atoms with Gasteiger partial charge in [0.05, 0.1) is 28.3 Å². The number of H-pyrrole nitrogens is 2. The van der Waals surface area contributed by atoms with Crippen LogP contribution in [0.25, 0.3) is 55.8 Å². The van der Waals surface area contributed by atoms with Gasteiger partial charge in [0, 0.05) is 35.0 Å². The largest absolute Gasteiger partial charge is 0.337 e. The SMILES string of the molecule is CN1CCC(C(=O)Nc2cncc(-c3cnc4[nH]nc(-c5nc6c(-c7cccc(F)c7)cccc6[nH]5)c4c3)c2)CC1. The molecule has 0 bridgehead atoms. The van der Waals surface area contributed by atoms with Gasteiger partial charge in [-0.3, -0.25) is 14.9 Å². The van der Waals surface area contributed by atoms with Crippen LogP contribution in [0.5, 0.6) is 0 Å². The lowest BCUT2D eigenvalue weighted by molar-refractivity contribution is -0.121. The number of nitrogens with one attached hydrogen (secondary N) is 3. The maximum absolute atomic E-state index is 13.9. The summed E-state index contributed by atoms with van der Waals surface area (Å²) in [4.78, 5) is 32.3. The summed E-state index contributed by atoms with van der Waals surface area (Å²) < 4.78 is 13.9. The van der Waals surface area contributed by atoms with Gasteiger partial charge in [0.25, 0.3) is 0 Å². The quantitative estimate of drug-likeness (QED) is 0.257. The number of likely N-dealkylation sites (tertiary alicyclic amines) is 1. The van der Waals surface area contributed by atoms with E-state index in [2.05, 4.69) is 42.4 Å². The minimum atomic E-state index is -0.299. The highest BCUT2D eigenvalue weighted by molar-refractivity contribution is 5.97. The van der Waals surface area contributed by atoms with Crippen molar-refractivity contribution in [1.29, 1.82) is 0 Å². The molecule has 1 fully saturated rings. The number of nitrogens with zero attached hydrogens (tertiary/aromatic N) is 5. The molecule has 1 amide bonds. The number of carbonyl (C=O) groups excluding carboxylic acids is 1. The van der Waals surface area contributed by atoms with Crippen LogP contribution in [0.1, 0.15) is 12.8 Å². The molecule has 0 radical (unpaired) electrons. The van der Waals surface area contributed by atoms with Crippen molar-refractivity contribution >= 4 is 33.7 Å². The number of fused-ring (bicyclic) bond motifs is 2. The zero-order valence-corrected chi connectivity index (χ0v) is 22.4. The van der Waals surface area contributed by atoms with Crippen molar-refractivity contribution in [3.63, 3.8) is 0 Å². The predicted molar refractivity (Wildman–Crippen MR) is 156 cm³/mol. The number of para-hydroxylation sites is 1. The van der Waals surface area contributed by atoms with Crippen molar-refractivity contribution in [2.75, 3.05) is 25.5 Å². The van der Waals surface area contributed by atoms with Crippen LogP contribution < -0.4 is 5.32 Å². The first-order chi connectivity index (χ1) is 20.0. The Bertz CT molecular complexity index is 1900.